The van der Waals surface area contributed by atoms with E-state index in [4.69, 9.17) is 0 Å². The third kappa shape index (κ3) is 6.15. The lowest BCUT2D eigenvalue weighted by atomic mass is 9.68. The zero-order chi connectivity index (χ0) is 21.6. The summed E-state index contributed by atoms with van der Waals surface area (Å²) in [6, 6.07) is 11.0. The highest BCUT2D eigenvalue weighted by molar-refractivity contribution is 5.18. The molecule has 1 saturated carbocycles. The number of nitrogens with one attached hydrogen (secondary N) is 1. The van der Waals surface area contributed by atoms with Crippen molar-refractivity contribution in [1.82, 2.24) is 10.2 Å². The van der Waals surface area contributed by atoms with Gasteiger partial charge in [0.05, 0.1) is 6.04 Å². The summed E-state index contributed by atoms with van der Waals surface area (Å²) in [5.41, 5.74) is 4.44. The lowest BCUT2D eigenvalue weighted by Crippen LogP contribution is -2.45. The van der Waals surface area contributed by atoms with E-state index in [1.807, 2.05) is 0 Å². The molecule has 1 heterocycles. The second kappa shape index (κ2) is 10.6. The van der Waals surface area contributed by atoms with E-state index in [9.17, 15) is 0 Å². The third-order valence-electron chi connectivity index (χ3n) is 7.59. The Balaban J connectivity index is 1.57. The van der Waals surface area contributed by atoms with Gasteiger partial charge in [-0.25, -0.2) is 0 Å². The van der Waals surface area contributed by atoms with Gasteiger partial charge in [0, 0.05) is 24.5 Å². The van der Waals surface area contributed by atoms with Crippen LogP contribution in [-0.4, -0.2) is 24.0 Å². The van der Waals surface area contributed by atoms with Crippen LogP contribution in [0.5, 0.6) is 0 Å². The van der Waals surface area contributed by atoms with Crippen LogP contribution < -0.4 is 5.32 Å². The average Bonchev–Trinajstić information content (AvgIpc) is 2.74. The Morgan fingerprint density at radius 3 is 2.20 bits per heavy atom. The average molecular weight is 409 g/mol. The summed E-state index contributed by atoms with van der Waals surface area (Å²) in [6.45, 7) is 18.3. The topological polar surface area (TPSA) is 15.3 Å². The maximum Gasteiger partial charge on any atom is 0.0655 e. The fraction of sp³-hybridized carbons (Fsp3) is 0.643. The van der Waals surface area contributed by atoms with Crippen molar-refractivity contribution in [3.8, 4) is 0 Å². The van der Waals surface area contributed by atoms with Crippen LogP contribution in [0.3, 0.4) is 0 Å². The summed E-state index contributed by atoms with van der Waals surface area (Å²) in [4.78, 5) is 2.58. The Kier molecular flexibility index (Phi) is 8.08. The van der Waals surface area contributed by atoms with E-state index >= 15 is 0 Å². The van der Waals surface area contributed by atoms with Crippen molar-refractivity contribution in [1.29, 1.82) is 0 Å². The molecule has 1 aromatic carbocycles. The summed E-state index contributed by atoms with van der Waals surface area (Å²) in [7, 11) is 0. The predicted octanol–water partition coefficient (Wildman–Crippen LogP) is 6.94. The molecule has 1 saturated heterocycles. The monoisotopic (exact) mass is 408 g/mol. The van der Waals surface area contributed by atoms with Gasteiger partial charge in [0.2, 0.25) is 0 Å². The quantitative estimate of drug-likeness (QED) is 0.476. The lowest BCUT2D eigenvalue weighted by Gasteiger charge is -2.46. The van der Waals surface area contributed by atoms with E-state index in [1.54, 1.807) is 0 Å². The molecule has 1 aliphatic carbocycles. The van der Waals surface area contributed by atoms with Crippen molar-refractivity contribution in [3.63, 3.8) is 0 Å². The highest BCUT2D eigenvalue weighted by atomic mass is 15.2. The molecule has 0 aromatic heterocycles. The van der Waals surface area contributed by atoms with Crippen LogP contribution in [0.1, 0.15) is 77.7 Å². The SMILES string of the molecule is C=C(NC(CC(C)C)C(=C)N1CCC2(CCCCC2)CC1)C(C)Cc1ccccc1. The fourth-order valence-electron chi connectivity index (χ4n) is 5.50. The number of hydrogen-bond acceptors (Lipinski definition) is 2. The predicted molar refractivity (Wildman–Crippen MR) is 130 cm³/mol. The summed E-state index contributed by atoms with van der Waals surface area (Å²) < 4.78 is 0. The van der Waals surface area contributed by atoms with Crippen molar-refractivity contribution >= 4 is 0 Å². The van der Waals surface area contributed by atoms with Gasteiger partial charge in [-0.05, 0) is 61.3 Å². The number of nitrogens with zero attached hydrogens (tertiary/aromatic N) is 1. The Labute approximate surface area is 185 Å². The van der Waals surface area contributed by atoms with E-state index in [0.29, 0.717) is 17.3 Å². The molecule has 30 heavy (non-hydrogen) atoms. The van der Waals surface area contributed by atoms with Crippen molar-refractivity contribution < 1.29 is 0 Å². The first-order valence-corrected chi connectivity index (χ1v) is 12.3. The van der Waals surface area contributed by atoms with E-state index in [2.05, 4.69) is 74.5 Å². The van der Waals surface area contributed by atoms with Crippen molar-refractivity contribution in [2.24, 2.45) is 17.3 Å². The number of likely N-dealkylation sites (tertiary alicyclic amines) is 1. The third-order valence-corrected chi connectivity index (χ3v) is 7.59. The van der Waals surface area contributed by atoms with Gasteiger partial charge in [0.25, 0.3) is 0 Å². The molecular weight excluding hydrogens is 364 g/mol. The minimum absolute atomic E-state index is 0.288. The van der Waals surface area contributed by atoms with Gasteiger partial charge in [-0.1, -0.05) is 83.5 Å². The van der Waals surface area contributed by atoms with Gasteiger partial charge in [0.1, 0.15) is 0 Å². The van der Waals surface area contributed by atoms with Gasteiger partial charge in [-0.3, -0.25) is 0 Å². The second-order valence-electron chi connectivity index (χ2n) is 10.5. The molecule has 2 aliphatic rings. The largest absolute Gasteiger partial charge is 0.380 e. The first-order chi connectivity index (χ1) is 14.4. The van der Waals surface area contributed by atoms with Gasteiger partial charge in [-0.2, -0.15) is 0 Å². The fourth-order valence-corrected chi connectivity index (χ4v) is 5.50. The Morgan fingerprint density at radius 2 is 1.60 bits per heavy atom. The van der Waals surface area contributed by atoms with Crippen molar-refractivity contribution in [2.45, 2.75) is 84.6 Å². The molecule has 0 amide bonds. The van der Waals surface area contributed by atoms with E-state index in [0.717, 1.165) is 18.5 Å². The first-order valence-electron chi connectivity index (χ1n) is 12.3. The summed E-state index contributed by atoms with van der Waals surface area (Å²) in [5, 5.41) is 3.80. The summed E-state index contributed by atoms with van der Waals surface area (Å²) >= 11 is 0. The molecule has 166 valence electrons. The van der Waals surface area contributed by atoms with Crippen LogP contribution in [0.4, 0.5) is 0 Å². The summed E-state index contributed by atoms with van der Waals surface area (Å²) in [5.74, 6) is 1.03. The lowest BCUT2D eigenvalue weighted by molar-refractivity contribution is 0.0797. The standard InChI is InChI=1S/C28H44N2/c1-22(2)20-27(29-24(4)23(3)21-26-12-8-6-9-13-26)25(5)30-18-16-28(17-19-30)14-10-7-11-15-28/h6,8-9,12-13,22-23,27,29H,4-5,7,10-11,14-21H2,1-3H3. The number of allylic oxidation sites excluding steroid dienone is 1. The molecule has 2 nitrogen and oxygen atoms in total. The molecule has 2 fully saturated rings. The molecule has 1 N–H and O–H groups in total. The minimum Gasteiger partial charge on any atom is -0.380 e. The molecule has 1 aromatic rings. The highest BCUT2D eigenvalue weighted by Crippen LogP contribution is 2.45. The maximum atomic E-state index is 4.58. The Bertz CT molecular complexity index is 674. The number of benzene rings is 1. The summed E-state index contributed by atoms with van der Waals surface area (Å²) in [6.07, 6.45) is 12.1. The van der Waals surface area contributed by atoms with Crippen molar-refractivity contribution in [2.75, 3.05) is 13.1 Å². The molecule has 2 unspecified atom stereocenters. The first kappa shape index (κ1) is 23.0. The van der Waals surface area contributed by atoms with Gasteiger partial charge in [-0.15, -0.1) is 0 Å². The van der Waals surface area contributed by atoms with E-state index < -0.39 is 0 Å². The van der Waals surface area contributed by atoms with Crippen LogP contribution >= 0.6 is 0 Å². The molecule has 0 radical (unpaired) electrons. The maximum absolute atomic E-state index is 4.58. The normalized spacial score (nSPS) is 20.7. The van der Waals surface area contributed by atoms with Crippen LogP contribution in [0.25, 0.3) is 0 Å². The van der Waals surface area contributed by atoms with Gasteiger partial charge >= 0.3 is 0 Å². The van der Waals surface area contributed by atoms with E-state index in [-0.39, 0.29) is 6.04 Å². The van der Waals surface area contributed by atoms with Gasteiger partial charge < -0.3 is 10.2 Å². The van der Waals surface area contributed by atoms with Crippen LogP contribution in [0, 0.1) is 17.3 Å². The number of rotatable bonds is 9. The molecule has 0 bridgehead atoms. The van der Waals surface area contributed by atoms with Gasteiger partial charge in [0.15, 0.2) is 0 Å². The van der Waals surface area contributed by atoms with Crippen LogP contribution in [0.15, 0.2) is 54.9 Å². The van der Waals surface area contributed by atoms with Crippen LogP contribution in [0.2, 0.25) is 0 Å². The zero-order valence-electron chi connectivity index (χ0n) is 19.8. The number of piperidine rings is 1. The molecule has 1 aliphatic heterocycles. The zero-order valence-corrected chi connectivity index (χ0v) is 19.8. The van der Waals surface area contributed by atoms with E-state index in [1.165, 1.54) is 69.3 Å². The van der Waals surface area contributed by atoms with Crippen molar-refractivity contribution in [3.05, 3.63) is 60.4 Å². The molecule has 1 spiro atoms. The molecule has 2 atom stereocenters. The van der Waals surface area contributed by atoms with Crippen LogP contribution in [-0.2, 0) is 6.42 Å². The smallest absolute Gasteiger partial charge is 0.0655 e. The Morgan fingerprint density at radius 1 is 0.967 bits per heavy atom. The Hall–Kier alpha value is -1.70. The molecule has 3 rings (SSSR count). The minimum atomic E-state index is 0.288. The second-order valence-corrected chi connectivity index (χ2v) is 10.5. The highest BCUT2D eigenvalue weighted by Gasteiger charge is 2.36. The number of hydrogen-bond donors (Lipinski definition) is 1. The molecular formula is C28H44N2. The molecule has 2 heteroatoms.